The summed E-state index contributed by atoms with van der Waals surface area (Å²) >= 11 is 6.49. The topological polar surface area (TPSA) is 72.2 Å². The van der Waals surface area contributed by atoms with Crippen molar-refractivity contribution in [3.05, 3.63) is 58.2 Å². The van der Waals surface area contributed by atoms with Gasteiger partial charge in [-0.1, -0.05) is 35.9 Å². The number of hydrogen-bond acceptors (Lipinski definition) is 5. The molecule has 2 aromatic rings. The van der Waals surface area contributed by atoms with E-state index in [0.29, 0.717) is 10.8 Å². The Morgan fingerprint density at radius 3 is 2.78 bits per heavy atom. The van der Waals surface area contributed by atoms with Gasteiger partial charge in [0.25, 0.3) is 0 Å². The van der Waals surface area contributed by atoms with Crippen LogP contribution in [0.4, 0.5) is 5.82 Å². The van der Waals surface area contributed by atoms with Crippen molar-refractivity contribution in [3.8, 4) is 0 Å². The number of nitrogen functional groups attached to an aromatic ring is 1. The van der Waals surface area contributed by atoms with E-state index >= 15 is 0 Å². The summed E-state index contributed by atoms with van der Waals surface area (Å²) in [6.07, 6.45) is 3.44. The number of nitrogens with zero attached hydrogens (tertiary/aromatic N) is 1. The molecule has 4 N–H and O–H groups in total. The maximum absolute atomic E-state index is 6.61. The summed E-state index contributed by atoms with van der Waals surface area (Å²) in [7, 11) is 0. The zero-order chi connectivity index (χ0) is 15.9. The summed E-state index contributed by atoms with van der Waals surface area (Å²) in [6.45, 7) is 1.92. The van der Waals surface area contributed by atoms with Gasteiger partial charge in [0.1, 0.15) is 6.10 Å². The number of fused-ring (bicyclic) bond motifs is 2. The van der Waals surface area contributed by atoms with Crippen molar-refractivity contribution in [2.75, 3.05) is 18.5 Å². The fraction of sp³-hybridized carbons (Fsp3) is 0.353. The fourth-order valence-corrected chi connectivity index (χ4v) is 3.97. The first kappa shape index (κ1) is 14.9. The summed E-state index contributed by atoms with van der Waals surface area (Å²) in [5, 5.41) is 3.92. The van der Waals surface area contributed by atoms with Gasteiger partial charge in [0, 0.05) is 11.8 Å². The number of hydrogen-bond donors (Lipinski definition) is 3. The van der Waals surface area contributed by atoms with Gasteiger partial charge in [-0.3, -0.25) is 0 Å². The number of pyridine rings is 1. The Kier molecular flexibility index (Phi) is 3.73. The summed E-state index contributed by atoms with van der Waals surface area (Å²) in [4.78, 5) is 4.16. The van der Waals surface area contributed by atoms with Gasteiger partial charge >= 0.3 is 0 Å². The van der Waals surface area contributed by atoms with Gasteiger partial charge in [-0.05, 0) is 43.1 Å². The lowest BCUT2D eigenvalue weighted by Crippen LogP contribution is -2.39. The predicted molar refractivity (Wildman–Crippen MR) is 90.2 cm³/mol. The molecule has 2 aliphatic heterocycles. The third kappa shape index (κ3) is 2.32. The van der Waals surface area contributed by atoms with E-state index in [1.165, 1.54) is 11.1 Å². The average Bonchev–Trinajstić information content (AvgIpc) is 2.90. The minimum Gasteiger partial charge on any atom is -0.357 e. The second-order valence-corrected chi connectivity index (χ2v) is 6.41. The van der Waals surface area contributed by atoms with Crippen LogP contribution >= 0.6 is 11.6 Å². The third-order valence-corrected chi connectivity index (χ3v) is 5.22. The summed E-state index contributed by atoms with van der Waals surface area (Å²) in [5.74, 6) is 5.97. The van der Waals surface area contributed by atoms with E-state index in [1.807, 2.05) is 12.1 Å². The van der Waals surface area contributed by atoms with Crippen molar-refractivity contribution < 1.29 is 4.74 Å². The molecule has 1 unspecified atom stereocenters. The largest absolute Gasteiger partial charge is 0.357 e. The highest BCUT2D eigenvalue weighted by molar-refractivity contribution is 6.33. The van der Waals surface area contributed by atoms with Crippen LogP contribution < -0.4 is 16.6 Å². The summed E-state index contributed by atoms with van der Waals surface area (Å²) < 4.78 is 6.61. The van der Waals surface area contributed by atoms with Crippen LogP contribution in [0.1, 0.15) is 35.6 Å². The SMILES string of the molecule is NNc1nccc(C2OC3(CCNCC3)c3ccccc32)c1Cl. The molecular weight excluding hydrogens is 312 g/mol. The Morgan fingerprint density at radius 2 is 2.00 bits per heavy atom. The standard InChI is InChI=1S/C17H19ClN4O/c18-14-12(5-8-21-16(14)22-19)15-11-3-1-2-4-13(11)17(23-15)6-9-20-10-7-17/h1-5,8,15,20H,6-7,9-10,19H2,(H,21,22). The molecular formula is C17H19ClN4O. The quantitative estimate of drug-likeness (QED) is 0.583. The molecule has 6 heteroatoms. The molecule has 120 valence electrons. The molecule has 1 fully saturated rings. The number of piperidine rings is 1. The Hall–Kier alpha value is -1.66. The molecule has 23 heavy (non-hydrogen) atoms. The molecule has 3 heterocycles. The van der Waals surface area contributed by atoms with E-state index in [9.17, 15) is 0 Å². The van der Waals surface area contributed by atoms with Crippen molar-refractivity contribution in [2.24, 2.45) is 5.84 Å². The number of benzene rings is 1. The first-order chi connectivity index (χ1) is 11.2. The minimum atomic E-state index is -0.227. The number of anilines is 1. The predicted octanol–water partition coefficient (Wildman–Crippen LogP) is 2.72. The average molecular weight is 331 g/mol. The molecule has 1 aromatic heterocycles. The van der Waals surface area contributed by atoms with Crippen molar-refractivity contribution in [1.82, 2.24) is 10.3 Å². The number of hydrazine groups is 1. The van der Waals surface area contributed by atoms with Gasteiger partial charge in [0.2, 0.25) is 0 Å². The maximum Gasteiger partial charge on any atom is 0.159 e. The highest BCUT2D eigenvalue weighted by atomic mass is 35.5. The van der Waals surface area contributed by atoms with E-state index in [-0.39, 0.29) is 11.7 Å². The molecule has 0 bridgehead atoms. The Labute approximate surface area is 140 Å². The first-order valence-corrected chi connectivity index (χ1v) is 8.22. The van der Waals surface area contributed by atoms with Crippen LogP contribution in [0.5, 0.6) is 0 Å². The molecule has 1 aromatic carbocycles. The zero-order valence-electron chi connectivity index (χ0n) is 12.7. The molecule has 5 nitrogen and oxygen atoms in total. The third-order valence-electron chi connectivity index (χ3n) is 4.83. The number of halogens is 1. The molecule has 1 atom stereocenters. The smallest absolute Gasteiger partial charge is 0.159 e. The summed E-state index contributed by atoms with van der Waals surface area (Å²) in [5.41, 5.74) is 5.68. The Bertz CT molecular complexity index is 730. The lowest BCUT2D eigenvalue weighted by molar-refractivity contribution is -0.0798. The van der Waals surface area contributed by atoms with E-state index in [1.54, 1.807) is 6.20 Å². The van der Waals surface area contributed by atoms with Gasteiger partial charge in [-0.25, -0.2) is 10.8 Å². The van der Waals surface area contributed by atoms with E-state index in [0.717, 1.165) is 31.5 Å². The number of nitrogens with two attached hydrogens (primary N) is 1. The van der Waals surface area contributed by atoms with Crippen molar-refractivity contribution >= 4 is 17.4 Å². The lowest BCUT2D eigenvalue weighted by atomic mass is 9.84. The van der Waals surface area contributed by atoms with Crippen molar-refractivity contribution in [1.29, 1.82) is 0 Å². The summed E-state index contributed by atoms with van der Waals surface area (Å²) in [6, 6.07) is 10.3. The fourth-order valence-electron chi connectivity index (χ4n) is 3.70. The van der Waals surface area contributed by atoms with Crippen LogP contribution in [0.2, 0.25) is 5.02 Å². The number of nitrogens with one attached hydrogen (secondary N) is 2. The second kappa shape index (κ2) is 5.76. The van der Waals surface area contributed by atoms with Crippen LogP contribution in [-0.2, 0) is 10.3 Å². The second-order valence-electron chi connectivity index (χ2n) is 6.04. The van der Waals surface area contributed by atoms with E-state index < -0.39 is 0 Å². The molecule has 0 aliphatic carbocycles. The van der Waals surface area contributed by atoms with Gasteiger partial charge < -0.3 is 15.5 Å². The maximum atomic E-state index is 6.61. The molecule has 0 radical (unpaired) electrons. The van der Waals surface area contributed by atoms with Crippen LogP contribution in [0.15, 0.2) is 36.5 Å². The molecule has 2 aliphatic rings. The van der Waals surface area contributed by atoms with Gasteiger partial charge in [0.05, 0.1) is 10.6 Å². The zero-order valence-corrected chi connectivity index (χ0v) is 13.4. The Morgan fingerprint density at radius 1 is 1.22 bits per heavy atom. The molecule has 1 saturated heterocycles. The number of ether oxygens (including phenoxy) is 1. The Balaban J connectivity index is 1.82. The molecule has 1 spiro atoms. The van der Waals surface area contributed by atoms with Crippen LogP contribution in [0.3, 0.4) is 0 Å². The number of rotatable bonds is 2. The van der Waals surface area contributed by atoms with Crippen LogP contribution in [0.25, 0.3) is 0 Å². The lowest BCUT2D eigenvalue weighted by Gasteiger charge is -2.35. The molecule has 4 rings (SSSR count). The van der Waals surface area contributed by atoms with Crippen LogP contribution in [-0.4, -0.2) is 18.1 Å². The van der Waals surface area contributed by atoms with Gasteiger partial charge in [-0.15, -0.1) is 0 Å². The highest BCUT2D eigenvalue weighted by Crippen LogP contribution is 2.51. The van der Waals surface area contributed by atoms with Crippen molar-refractivity contribution in [2.45, 2.75) is 24.5 Å². The van der Waals surface area contributed by atoms with Crippen molar-refractivity contribution in [3.63, 3.8) is 0 Å². The van der Waals surface area contributed by atoms with E-state index in [2.05, 4.69) is 33.9 Å². The number of aromatic nitrogens is 1. The molecule has 0 saturated carbocycles. The monoisotopic (exact) mass is 330 g/mol. The highest BCUT2D eigenvalue weighted by Gasteiger charge is 2.46. The van der Waals surface area contributed by atoms with Gasteiger partial charge in [0.15, 0.2) is 5.82 Å². The normalized spacial score (nSPS) is 22.1. The first-order valence-electron chi connectivity index (χ1n) is 7.84. The van der Waals surface area contributed by atoms with Gasteiger partial charge in [-0.2, -0.15) is 0 Å². The minimum absolute atomic E-state index is 0.188. The van der Waals surface area contributed by atoms with E-state index in [4.69, 9.17) is 22.2 Å². The molecule has 0 amide bonds. The van der Waals surface area contributed by atoms with Crippen LogP contribution in [0, 0.1) is 0 Å².